The predicted molar refractivity (Wildman–Crippen MR) is 235 cm³/mol. The normalized spacial score (nSPS) is 8.90. The summed E-state index contributed by atoms with van der Waals surface area (Å²) in [7, 11) is -8.16. The number of hydrogen-bond acceptors (Lipinski definition) is 9. The maximum atomic E-state index is 11.9. The van der Waals surface area contributed by atoms with Crippen molar-refractivity contribution in [2.45, 2.75) is 70.6 Å². The number of carbonyl (C=O) groups excluding carboxylic acids is 3. The van der Waals surface area contributed by atoms with Crippen molar-refractivity contribution in [3.05, 3.63) is 190 Å². The SMILES string of the molecule is CC.CCCCC.Cc1ccc(S(=O)(=O)OCOS(=O)(=O)c2ccc(C)cc2)cc1.O=Cc1ccccc1.O=Cc1ccccc1.O=Cc1ccccc1.[CH3-].[CH3-].[CH3-].[Y].[Y].[Y]. The van der Waals surface area contributed by atoms with Crippen LogP contribution in [0.1, 0.15) is 89.2 Å². The fourth-order valence-corrected chi connectivity index (χ4v) is 5.26. The molecule has 0 aromatic heterocycles. The molecule has 5 aromatic rings. The number of hydrogen-bond donors (Lipinski definition) is 0. The van der Waals surface area contributed by atoms with Crippen LogP contribution >= 0.6 is 0 Å². The summed E-state index contributed by atoms with van der Waals surface area (Å²) < 4.78 is 56.9. The first-order chi connectivity index (χ1) is 25.9. The third-order valence-electron chi connectivity index (χ3n) is 6.54. The average Bonchev–Trinajstić information content (AvgIpc) is 3.21. The Morgan fingerprint density at radius 1 is 0.433 bits per heavy atom. The second-order valence-corrected chi connectivity index (χ2v) is 14.1. The Morgan fingerprint density at radius 3 is 0.833 bits per heavy atom. The van der Waals surface area contributed by atoms with Crippen LogP contribution in [0.5, 0.6) is 0 Å². The number of carbonyl (C=O) groups is 3. The molecular weight excluding hydrogens is 1030 g/mol. The first kappa shape index (κ1) is 72.7. The maximum absolute atomic E-state index is 11.9. The molecule has 5 aromatic carbocycles. The molecule has 0 N–H and O–H groups in total. The standard InChI is InChI=1S/C15H16O6S2.3C7H6O.C5H12.C2H6.3CH3.3Y/c1-12-3-7-14(8-4-12)22(16,17)20-11-21-23(18,19)15-9-5-13(2)6-10-15;3*8-6-7-4-2-1-3-5-7;1-3-5-4-2;1-2;;;;;;/h3-10H,11H2,1-2H3;3*1-6H;3-5H2,1-2H3;1-2H3;3*1H3;;;/q;;;;;;3*-1;;;. The molecule has 0 saturated carbocycles. The van der Waals surface area contributed by atoms with E-state index in [1.54, 1.807) is 60.7 Å². The summed E-state index contributed by atoms with van der Waals surface area (Å²) in [4.78, 5) is 29.9. The van der Waals surface area contributed by atoms with Crippen LogP contribution in [-0.2, 0) is 127 Å². The van der Waals surface area contributed by atoms with Crippen molar-refractivity contribution in [1.82, 2.24) is 0 Å². The van der Waals surface area contributed by atoms with Gasteiger partial charge in [-0.3, -0.25) is 14.4 Å². The summed E-state index contributed by atoms with van der Waals surface area (Å²) in [6.45, 7) is 11.1. The molecule has 0 atom stereocenters. The van der Waals surface area contributed by atoms with Crippen molar-refractivity contribution in [3.63, 3.8) is 0 Å². The van der Waals surface area contributed by atoms with Crippen LogP contribution < -0.4 is 0 Å². The van der Waals surface area contributed by atoms with Crippen LogP contribution in [0.2, 0.25) is 0 Å². The number of rotatable bonds is 11. The molecular formula is C46H61O9S2Y3-3. The number of benzene rings is 5. The molecule has 0 aliphatic rings. The summed E-state index contributed by atoms with van der Waals surface area (Å²) in [5.74, 6) is 0. The van der Waals surface area contributed by atoms with Gasteiger partial charge in [-0.05, 0) is 38.1 Å². The fourth-order valence-electron chi connectivity index (χ4n) is 3.64. The number of aldehydes is 3. The molecule has 0 spiro atoms. The van der Waals surface area contributed by atoms with Crippen LogP contribution in [0.4, 0.5) is 0 Å². The molecule has 14 heteroatoms. The Hall–Kier alpha value is -1.76. The quantitative estimate of drug-likeness (QED) is 0.0548. The van der Waals surface area contributed by atoms with Crippen molar-refractivity contribution in [2.75, 3.05) is 6.79 Å². The molecule has 0 unspecified atom stereocenters. The third kappa shape index (κ3) is 34.8. The summed E-state index contributed by atoms with van der Waals surface area (Å²) in [5, 5.41) is 0. The molecule has 3 radical (unpaired) electrons. The van der Waals surface area contributed by atoms with Gasteiger partial charge in [0.1, 0.15) is 18.9 Å². The van der Waals surface area contributed by atoms with Crippen LogP contribution in [0, 0.1) is 36.1 Å². The maximum Gasteiger partial charge on any atom is 0.299 e. The van der Waals surface area contributed by atoms with Gasteiger partial charge in [0.2, 0.25) is 0 Å². The summed E-state index contributed by atoms with van der Waals surface area (Å²) in [5.41, 5.74) is 3.97. The number of unbranched alkanes of at least 4 members (excludes halogenated alkanes) is 2. The minimum atomic E-state index is -4.08. The Morgan fingerprint density at radius 2 is 0.667 bits per heavy atom. The monoisotopic (exact) mass is 1090 g/mol. The van der Waals surface area contributed by atoms with Gasteiger partial charge < -0.3 is 22.3 Å². The van der Waals surface area contributed by atoms with Gasteiger partial charge in [0.05, 0.1) is 9.79 Å². The van der Waals surface area contributed by atoms with E-state index >= 15 is 0 Å². The van der Waals surface area contributed by atoms with E-state index in [1.807, 2.05) is 82.3 Å². The van der Waals surface area contributed by atoms with Gasteiger partial charge in [-0.1, -0.05) is 173 Å². The van der Waals surface area contributed by atoms with Gasteiger partial charge in [0, 0.05) is 115 Å². The average molecular weight is 1090 g/mol. The minimum Gasteiger partial charge on any atom is -0.358 e. The van der Waals surface area contributed by atoms with E-state index in [4.69, 9.17) is 0 Å². The second kappa shape index (κ2) is 45.3. The molecule has 0 aliphatic carbocycles. The molecule has 0 bridgehead atoms. The van der Waals surface area contributed by atoms with Crippen molar-refractivity contribution in [2.24, 2.45) is 0 Å². The van der Waals surface area contributed by atoms with Crippen LogP contribution in [0.3, 0.4) is 0 Å². The molecule has 0 saturated heterocycles. The first-order valence-corrected chi connectivity index (χ1v) is 20.2. The van der Waals surface area contributed by atoms with Crippen LogP contribution in [0.15, 0.2) is 149 Å². The summed E-state index contributed by atoms with van der Waals surface area (Å²) in [6.07, 6.45) is 6.58. The van der Waals surface area contributed by atoms with E-state index in [9.17, 15) is 31.2 Å². The van der Waals surface area contributed by atoms with Crippen molar-refractivity contribution in [3.8, 4) is 0 Å². The molecule has 323 valence electrons. The van der Waals surface area contributed by atoms with Crippen molar-refractivity contribution < 1.29 is 138 Å². The summed E-state index contributed by atoms with van der Waals surface area (Å²) >= 11 is 0. The Balaban J connectivity index is -0.000000127. The predicted octanol–water partition coefficient (Wildman–Crippen LogP) is 11.4. The summed E-state index contributed by atoms with van der Waals surface area (Å²) in [6, 6.07) is 39.2. The minimum absolute atomic E-state index is 0. The molecule has 0 amide bonds. The van der Waals surface area contributed by atoms with Gasteiger partial charge >= 0.3 is 0 Å². The fraction of sp³-hybridized carbons (Fsp3) is 0.217. The molecule has 9 nitrogen and oxygen atoms in total. The van der Waals surface area contributed by atoms with Gasteiger partial charge in [-0.15, -0.1) is 0 Å². The Kier molecular flexibility index (Phi) is 54.8. The van der Waals surface area contributed by atoms with Gasteiger partial charge in [0.15, 0.2) is 6.79 Å². The zero-order chi connectivity index (χ0) is 40.7. The van der Waals surface area contributed by atoms with Crippen molar-refractivity contribution >= 4 is 39.1 Å². The van der Waals surface area contributed by atoms with E-state index in [2.05, 4.69) is 22.2 Å². The molecule has 0 fully saturated rings. The second-order valence-electron chi connectivity index (χ2n) is 10.8. The molecule has 5 rings (SSSR count). The van der Waals surface area contributed by atoms with E-state index < -0.39 is 27.0 Å². The van der Waals surface area contributed by atoms with Gasteiger partial charge in [0.25, 0.3) is 20.2 Å². The van der Waals surface area contributed by atoms with E-state index in [0.29, 0.717) is 0 Å². The smallest absolute Gasteiger partial charge is 0.299 e. The molecule has 0 heterocycles. The van der Waals surface area contributed by atoms with Crippen LogP contribution in [-0.4, -0.2) is 42.5 Å². The first-order valence-electron chi connectivity index (χ1n) is 17.3. The molecule has 0 aliphatic heterocycles. The zero-order valence-electron chi connectivity index (χ0n) is 36.6. The Bertz CT molecular complexity index is 1750. The van der Waals surface area contributed by atoms with Gasteiger partial charge in [-0.25, -0.2) is 8.37 Å². The van der Waals surface area contributed by atoms with E-state index in [1.165, 1.54) is 43.5 Å². The zero-order valence-corrected chi connectivity index (χ0v) is 46.7. The van der Waals surface area contributed by atoms with Crippen molar-refractivity contribution in [1.29, 1.82) is 0 Å². The van der Waals surface area contributed by atoms with Gasteiger partial charge in [-0.2, -0.15) is 16.8 Å². The Labute approximate surface area is 438 Å². The van der Waals surface area contributed by atoms with E-state index in [-0.39, 0.29) is 130 Å². The molecule has 60 heavy (non-hydrogen) atoms. The number of aryl methyl sites for hydroxylation is 2. The van der Waals surface area contributed by atoms with E-state index in [0.717, 1.165) is 46.7 Å². The van der Waals surface area contributed by atoms with Crippen LogP contribution in [0.25, 0.3) is 0 Å². The third-order valence-corrected chi connectivity index (χ3v) is 9.05. The topological polar surface area (TPSA) is 138 Å². The largest absolute Gasteiger partial charge is 0.358 e.